The molecule has 19 heavy (non-hydrogen) atoms. The molecule has 1 aliphatic rings. The van der Waals surface area contributed by atoms with Gasteiger partial charge < -0.3 is 16.2 Å². The third-order valence-electron chi connectivity index (χ3n) is 3.57. The smallest absolute Gasteiger partial charge is 0.303 e. The molecule has 0 fully saturated rings. The zero-order chi connectivity index (χ0) is 14.5. The summed E-state index contributed by atoms with van der Waals surface area (Å²) in [5.74, 6) is -0.877. The second kappa shape index (κ2) is 6.70. The van der Waals surface area contributed by atoms with Gasteiger partial charge in [-0.1, -0.05) is 26.0 Å². The third-order valence-corrected chi connectivity index (χ3v) is 3.57. The van der Waals surface area contributed by atoms with E-state index >= 15 is 0 Å². The monoisotopic (exact) mass is 268 g/mol. The van der Waals surface area contributed by atoms with Crippen LogP contribution in [0.25, 0.3) is 0 Å². The number of nitrogens with two attached hydrogens (primary N) is 1. The molecule has 108 valence electrons. The summed E-state index contributed by atoms with van der Waals surface area (Å²) in [6.07, 6.45) is 5.95. The Morgan fingerprint density at radius 3 is 2.58 bits per heavy atom. The van der Waals surface area contributed by atoms with Crippen LogP contribution in [-0.4, -0.2) is 29.6 Å². The number of carbonyl (C=O) groups excluding carboxylic acids is 1. The second-order valence-electron chi connectivity index (χ2n) is 5.99. The van der Waals surface area contributed by atoms with Gasteiger partial charge in [-0.3, -0.25) is 9.59 Å². The van der Waals surface area contributed by atoms with E-state index in [1.54, 1.807) is 0 Å². The van der Waals surface area contributed by atoms with E-state index in [9.17, 15) is 9.59 Å². The van der Waals surface area contributed by atoms with E-state index in [4.69, 9.17) is 10.8 Å². The standard InChI is InChI=1S/C14H24N2O3/c1-14(2,6-5-12(17)18)7-8-16-13(19)10-3-4-11(15)9-10/h3-4,10-11H,5-9,15H2,1-2H3,(H,16,19)(H,17,18). The topological polar surface area (TPSA) is 92.4 Å². The SMILES string of the molecule is CC(C)(CCNC(=O)C1C=CC(N)C1)CCC(=O)O. The lowest BCUT2D eigenvalue weighted by atomic mass is 9.84. The van der Waals surface area contributed by atoms with Crippen LogP contribution in [0.1, 0.15) is 39.5 Å². The van der Waals surface area contributed by atoms with Crippen molar-refractivity contribution in [2.45, 2.75) is 45.6 Å². The molecule has 0 aromatic rings. The molecule has 0 bridgehead atoms. The number of carboxylic acid groups (broad SMARTS) is 1. The van der Waals surface area contributed by atoms with Crippen molar-refractivity contribution in [3.63, 3.8) is 0 Å². The van der Waals surface area contributed by atoms with E-state index in [1.165, 1.54) is 0 Å². The lowest BCUT2D eigenvalue weighted by molar-refractivity contribution is -0.137. The normalized spacial score (nSPS) is 22.5. The van der Waals surface area contributed by atoms with Crippen molar-refractivity contribution < 1.29 is 14.7 Å². The van der Waals surface area contributed by atoms with Gasteiger partial charge in [-0.05, 0) is 24.7 Å². The molecule has 0 aromatic heterocycles. The first kappa shape index (κ1) is 15.7. The summed E-state index contributed by atoms with van der Waals surface area (Å²) in [5.41, 5.74) is 5.63. The minimum absolute atomic E-state index is 0.0113. The molecule has 0 radical (unpaired) electrons. The van der Waals surface area contributed by atoms with Crippen molar-refractivity contribution in [1.29, 1.82) is 0 Å². The number of carboxylic acids is 1. The van der Waals surface area contributed by atoms with Crippen molar-refractivity contribution in [3.05, 3.63) is 12.2 Å². The zero-order valence-electron chi connectivity index (χ0n) is 11.7. The number of rotatable bonds is 7. The minimum atomic E-state index is -0.776. The van der Waals surface area contributed by atoms with E-state index in [0.717, 1.165) is 6.42 Å². The minimum Gasteiger partial charge on any atom is -0.481 e. The Bertz CT molecular complexity index is 364. The summed E-state index contributed by atoms with van der Waals surface area (Å²) < 4.78 is 0. The molecular formula is C14H24N2O3. The Kier molecular flexibility index (Phi) is 5.54. The maximum atomic E-state index is 11.8. The molecule has 1 rings (SSSR count). The summed E-state index contributed by atoms with van der Waals surface area (Å²) in [6.45, 7) is 4.62. The number of hydrogen-bond donors (Lipinski definition) is 3. The molecule has 2 atom stereocenters. The molecule has 1 amide bonds. The van der Waals surface area contributed by atoms with Gasteiger partial charge in [-0.15, -0.1) is 0 Å². The number of amides is 1. The highest BCUT2D eigenvalue weighted by atomic mass is 16.4. The summed E-state index contributed by atoms with van der Waals surface area (Å²) in [7, 11) is 0. The fourth-order valence-corrected chi connectivity index (χ4v) is 2.15. The predicted octanol–water partition coefficient (Wildman–Crippen LogP) is 1.29. The van der Waals surface area contributed by atoms with Crippen molar-refractivity contribution in [3.8, 4) is 0 Å². The maximum absolute atomic E-state index is 11.8. The zero-order valence-corrected chi connectivity index (χ0v) is 11.7. The fraction of sp³-hybridized carbons (Fsp3) is 0.714. The van der Waals surface area contributed by atoms with Crippen LogP contribution in [0.5, 0.6) is 0 Å². The van der Waals surface area contributed by atoms with Crippen LogP contribution < -0.4 is 11.1 Å². The van der Waals surface area contributed by atoms with Crippen LogP contribution in [0.15, 0.2) is 12.2 Å². The first-order valence-electron chi connectivity index (χ1n) is 6.73. The van der Waals surface area contributed by atoms with Crippen LogP contribution in [0.3, 0.4) is 0 Å². The van der Waals surface area contributed by atoms with Gasteiger partial charge in [0.1, 0.15) is 0 Å². The molecule has 0 saturated heterocycles. The van der Waals surface area contributed by atoms with Gasteiger partial charge in [0.05, 0.1) is 5.92 Å². The maximum Gasteiger partial charge on any atom is 0.303 e. The van der Waals surface area contributed by atoms with E-state index in [2.05, 4.69) is 5.32 Å². The van der Waals surface area contributed by atoms with Gasteiger partial charge >= 0.3 is 5.97 Å². The summed E-state index contributed by atoms with van der Waals surface area (Å²) in [4.78, 5) is 22.4. The van der Waals surface area contributed by atoms with Crippen LogP contribution in [-0.2, 0) is 9.59 Å². The molecule has 5 nitrogen and oxygen atoms in total. The summed E-state index contributed by atoms with van der Waals surface area (Å²) in [6, 6.07) is -0.0113. The van der Waals surface area contributed by atoms with Gasteiger partial charge in [-0.25, -0.2) is 0 Å². The summed E-state index contributed by atoms with van der Waals surface area (Å²) >= 11 is 0. The van der Waals surface area contributed by atoms with Crippen LogP contribution in [0, 0.1) is 11.3 Å². The van der Waals surface area contributed by atoms with Gasteiger partial charge in [0.15, 0.2) is 0 Å². The number of carbonyl (C=O) groups is 2. The largest absolute Gasteiger partial charge is 0.481 e. The molecule has 5 heteroatoms. The molecule has 0 spiro atoms. The van der Waals surface area contributed by atoms with Gasteiger partial charge in [-0.2, -0.15) is 0 Å². The average molecular weight is 268 g/mol. The molecule has 0 heterocycles. The molecule has 4 N–H and O–H groups in total. The lowest BCUT2D eigenvalue weighted by Crippen LogP contribution is -2.33. The second-order valence-corrected chi connectivity index (χ2v) is 5.99. The molecule has 1 aliphatic carbocycles. The highest BCUT2D eigenvalue weighted by Crippen LogP contribution is 2.26. The van der Waals surface area contributed by atoms with E-state index in [0.29, 0.717) is 19.4 Å². The molecular weight excluding hydrogens is 244 g/mol. The predicted molar refractivity (Wildman–Crippen MR) is 73.5 cm³/mol. The summed E-state index contributed by atoms with van der Waals surface area (Å²) in [5, 5.41) is 11.6. The number of aliphatic carboxylic acids is 1. The van der Waals surface area contributed by atoms with Crippen LogP contribution in [0.2, 0.25) is 0 Å². The van der Waals surface area contributed by atoms with Crippen LogP contribution in [0.4, 0.5) is 0 Å². The van der Waals surface area contributed by atoms with E-state index in [-0.39, 0.29) is 29.7 Å². The van der Waals surface area contributed by atoms with Crippen LogP contribution >= 0.6 is 0 Å². The van der Waals surface area contributed by atoms with Crippen molar-refractivity contribution in [1.82, 2.24) is 5.32 Å². The first-order valence-corrected chi connectivity index (χ1v) is 6.73. The molecule has 0 saturated carbocycles. The van der Waals surface area contributed by atoms with E-state index in [1.807, 2.05) is 26.0 Å². The first-order chi connectivity index (χ1) is 8.80. The molecule has 0 aliphatic heterocycles. The highest BCUT2D eigenvalue weighted by molar-refractivity contribution is 5.81. The van der Waals surface area contributed by atoms with Gasteiger partial charge in [0.25, 0.3) is 0 Å². The highest BCUT2D eigenvalue weighted by Gasteiger charge is 2.23. The lowest BCUT2D eigenvalue weighted by Gasteiger charge is -2.24. The Morgan fingerprint density at radius 1 is 1.37 bits per heavy atom. The average Bonchev–Trinajstić information content (AvgIpc) is 2.73. The van der Waals surface area contributed by atoms with Crippen molar-refractivity contribution in [2.24, 2.45) is 17.1 Å². The van der Waals surface area contributed by atoms with E-state index < -0.39 is 5.97 Å². The molecule has 2 unspecified atom stereocenters. The Morgan fingerprint density at radius 2 is 2.05 bits per heavy atom. The van der Waals surface area contributed by atoms with Gasteiger partial charge in [0.2, 0.25) is 5.91 Å². The Hall–Kier alpha value is -1.36. The Labute approximate surface area is 114 Å². The Balaban J connectivity index is 2.24. The number of hydrogen-bond acceptors (Lipinski definition) is 3. The quantitative estimate of drug-likeness (QED) is 0.607. The van der Waals surface area contributed by atoms with Gasteiger partial charge in [0, 0.05) is 19.0 Å². The number of nitrogens with one attached hydrogen (secondary N) is 1. The fourth-order valence-electron chi connectivity index (χ4n) is 2.15. The van der Waals surface area contributed by atoms with Crippen molar-refractivity contribution in [2.75, 3.05) is 6.54 Å². The van der Waals surface area contributed by atoms with Crippen molar-refractivity contribution >= 4 is 11.9 Å². The third kappa shape index (κ3) is 5.87. The molecule has 0 aromatic carbocycles.